The minimum Gasteiger partial charge on any atom is -0.481 e. The molecule has 3 amide bonds. The number of carboxylic acid groups (broad SMARTS) is 2. The van der Waals surface area contributed by atoms with E-state index >= 15 is 0 Å². The maximum Gasteiger partial charge on any atom is 0.326 e. The lowest BCUT2D eigenvalue weighted by atomic mass is 9.43. The number of aliphatic carboxylic acids is 2. The van der Waals surface area contributed by atoms with Crippen LogP contribution in [-0.4, -0.2) is 147 Å². The van der Waals surface area contributed by atoms with Gasteiger partial charge in [-0.3, -0.25) is 28.8 Å². The Morgan fingerprint density at radius 2 is 1.37 bits per heavy atom. The Balaban J connectivity index is 0.000000561. The summed E-state index contributed by atoms with van der Waals surface area (Å²) in [7, 11) is 0. The summed E-state index contributed by atoms with van der Waals surface area (Å²) in [6.45, 7) is 15.8. The summed E-state index contributed by atoms with van der Waals surface area (Å²) in [6.07, 6.45) is 12.3. The summed E-state index contributed by atoms with van der Waals surface area (Å²) in [5, 5.41) is 37.9. The molecule has 0 aromatic rings. The number of fused-ring (bicyclic) bond motifs is 5. The van der Waals surface area contributed by atoms with Crippen LogP contribution in [0.4, 0.5) is 0 Å². The van der Waals surface area contributed by atoms with Gasteiger partial charge in [0.25, 0.3) is 0 Å². The molecule has 0 radical (unpaired) electrons. The van der Waals surface area contributed by atoms with Gasteiger partial charge in [-0.05, 0) is 144 Å². The minimum atomic E-state index is -1.06. The predicted molar refractivity (Wildman–Crippen MR) is 265 cm³/mol. The second-order valence-corrected chi connectivity index (χ2v) is 20.8. The van der Waals surface area contributed by atoms with Crippen molar-refractivity contribution in [2.75, 3.05) is 72.6 Å². The van der Waals surface area contributed by atoms with E-state index in [1.54, 1.807) is 13.8 Å². The number of Topliss-reactive ketones (excluding diaryl/α,β-unsaturated/α-hetero) is 2. The highest BCUT2D eigenvalue weighted by atomic mass is 16.5. The number of hydrogen-bond acceptors (Lipinski definition) is 13. The van der Waals surface area contributed by atoms with Crippen molar-refractivity contribution in [2.24, 2.45) is 46.3 Å². The molecule has 1 unspecified atom stereocenters. The average Bonchev–Trinajstić information content (AvgIpc) is 3.71. The maximum atomic E-state index is 12.6. The van der Waals surface area contributed by atoms with Gasteiger partial charge in [0.1, 0.15) is 25.9 Å². The number of unbranched alkanes of at least 4 members (excludes halogenated alkanes) is 1. The minimum absolute atomic E-state index is 0.0233. The first-order valence-electron chi connectivity index (χ1n) is 26.8. The van der Waals surface area contributed by atoms with E-state index < -0.39 is 23.9 Å². The first-order chi connectivity index (χ1) is 33.9. The van der Waals surface area contributed by atoms with Gasteiger partial charge in [-0.2, -0.15) is 0 Å². The average molecular weight is 1010 g/mol. The fourth-order valence-corrected chi connectivity index (χ4v) is 12.2. The van der Waals surface area contributed by atoms with Crippen LogP contribution >= 0.6 is 0 Å². The largest absolute Gasteiger partial charge is 0.481 e. The second-order valence-electron chi connectivity index (χ2n) is 20.8. The monoisotopic (exact) mass is 1010 g/mol. The third-order valence-corrected chi connectivity index (χ3v) is 16.2. The van der Waals surface area contributed by atoms with Gasteiger partial charge in [0.15, 0.2) is 11.6 Å². The predicted octanol–water partition coefficient (Wildman–Crippen LogP) is 5.68. The molecule has 0 aromatic carbocycles. The zero-order chi connectivity index (χ0) is 52.4. The maximum absolute atomic E-state index is 12.6. The Hall–Kier alpha value is -3.55. The van der Waals surface area contributed by atoms with Crippen LogP contribution in [0.25, 0.3) is 0 Å². The Morgan fingerprint density at radius 3 is 2.07 bits per heavy atom. The van der Waals surface area contributed by atoms with E-state index in [-0.39, 0.29) is 85.5 Å². The molecule has 0 bridgehead atoms. The number of aliphatic hydroxyl groups is 1. The molecule has 11 atom stereocenters. The van der Waals surface area contributed by atoms with Crippen molar-refractivity contribution in [3.05, 3.63) is 0 Å². The van der Waals surface area contributed by atoms with E-state index in [1.165, 1.54) is 6.42 Å². The smallest absolute Gasteiger partial charge is 0.326 e. The summed E-state index contributed by atoms with van der Waals surface area (Å²) in [4.78, 5) is 81.2. The van der Waals surface area contributed by atoms with Crippen molar-refractivity contribution in [3.8, 4) is 0 Å². The fraction of sp³-hybridized carbons (Fsp3) is 0.868. The lowest BCUT2D eigenvalue weighted by Gasteiger charge is -2.62. The summed E-state index contributed by atoms with van der Waals surface area (Å²) in [6, 6.07) is -0.912. The molecule has 6 N–H and O–H groups in total. The summed E-state index contributed by atoms with van der Waals surface area (Å²) in [5.41, 5.74) is 0.00998. The van der Waals surface area contributed by atoms with Crippen LogP contribution in [0.5, 0.6) is 0 Å². The van der Waals surface area contributed by atoms with Gasteiger partial charge in [-0.1, -0.05) is 27.7 Å². The molecule has 4 fully saturated rings. The molecular formula is C53H91N3O15. The highest BCUT2D eigenvalue weighted by molar-refractivity contribution is 5.86. The van der Waals surface area contributed by atoms with Crippen molar-refractivity contribution in [1.82, 2.24) is 16.0 Å². The van der Waals surface area contributed by atoms with Gasteiger partial charge >= 0.3 is 11.9 Å². The van der Waals surface area contributed by atoms with E-state index in [2.05, 4.69) is 36.7 Å². The number of amides is 3. The number of hydrogen-bond donors (Lipinski definition) is 6. The number of ether oxygens (including phenoxy) is 5. The van der Waals surface area contributed by atoms with Crippen LogP contribution in [-0.2, 0) is 57.2 Å². The first-order valence-corrected chi connectivity index (χ1v) is 26.8. The molecule has 0 heterocycles. The lowest BCUT2D eigenvalue weighted by molar-refractivity contribution is -0.178. The van der Waals surface area contributed by atoms with Crippen LogP contribution in [0.1, 0.15) is 157 Å². The summed E-state index contributed by atoms with van der Waals surface area (Å²) < 4.78 is 27.1. The van der Waals surface area contributed by atoms with E-state index in [9.17, 15) is 43.8 Å². The highest BCUT2D eigenvalue weighted by Crippen LogP contribution is 2.68. The Morgan fingerprint density at radius 1 is 0.648 bits per heavy atom. The molecule has 71 heavy (non-hydrogen) atoms. The van der Waals surface area contributed by atoms with Gasteiger partial charge in [0.05, 0.1) is 32.0 Å². The lowest BCUT2D eigenvalue weighted by Crippen LogP contribution is -2.59. The summed E-state index contributed by atoms with van der Waals surface area (Å²) in [5.74, 6) is 0.268. The number of aliphatic hydroxyl groups excluding tert-OH is 1. The van der Waals surface area contributed by atoms with E-state index in [0.29, 0.717) is 133 Å². The van der Waals surface area contributed by atoms with Crippen molar-refractivity contribution in [2.45, 2.75) is 175 Å². The van der Waals surface area contributed by atoms with Crippen LogP contribution in [0, 0.1) is 46.3 Å². The van der Waals surface area contributed by atoms with Crippen molar-refractivity contribution in [3.63, 3.8) is 0 Å². The standard InChI is InChI=1S/C40H67NO10.C13H24N2O5/c1-5-48-19-6-7-29(42)25-50-22-21-49-20-18-41-37(45)14-10-30(43)26-51-31-16-17-39(3)28(23-31)9-11-32-34-13-12-33(27(2)8-15-38(46)47)40(34,4)36(44)24-35(32)39;1-3-11(16)14-8-6-5-7-10(13(18)19)15-12(17)9-20-4-2/h27-28,31-36,44H,5-26H2,1-4H3,(H,41,45)(H,46,47);10H,3-9H2,1-2H3,(H,14,16)(H,15,17)(H,18,19)/t27-,28-,31+,32+,33-,34?,35+,36+,39+,40-;10-/m10/s1. The van der Waals surface area contributed by atoms with E-state index in [0.717, 1.165) is 44.9 Å². The quantitative estimate of drug-likeness (QED) is 0.0424. The molecule has 0 spiro atoms. The zero-order valence-electron chi connectivity index (χ0n) is 43.9. The molecule has 408 valence electrons. The molecule has 0 saturated heterocycles. The van der Waals surface area contributed by atoms with Gasteiger partial charge in [-0.25, -0.2) is 4.79 Å². The third-order valence-electron chi connectivity index (χ3n) is 16.2. The van der Waals surface area contributed by atoms with Gasteiger partial charge in [0.2, 0.25) is 17.7 Å². The molecule has 4 saturated carbocycles. The van der Waals surface area contributed by atoms with Gasteiger partial charge in [0, 0.05) is 65.0 Å². The molecule has 4 aliphatic carbocycles. The number of carbonyl (C=O) groups excluding carboxylic acids is 5. The van der Waals surface area contributed by atoms with E-state index in [1.807, 2.05) is 6.92 Å². The van der Waals surface area contributed by atoms with Gasteiger partial charge < -0.3 is 55.0 Å². The van der Waals surface area contributed by atoms with Crippen LogP contribution in [0.3, 0.4) is 0 Å². The van der Waals surface area contributed by atoms with Crippen LogP contribution in [0.15, 0.2) is 0 Å². The topological polar surface area (TPSA) is 262 Å². The second kappa shape index (κ2) is 32.6. The van der Waals surface area contributed by atoms with Crippen molar-refractivity contribution >= 4 is 41.2 Å². The zero-order valence-corrected chi connectivity index (χ0v) is 43.9. The molecule has 18 heteroatoms. The fourth-order valence-electron chi connectivity index (χ4n) is 12.2. The summed E-state index contributed by atoms with van der Waals surface area (Å²) >= 11 is 0. The highest BCUT2D eigenvalue weighted by Gasteiger charge is 2.63. The molecule has 4 aliphatic rings. The van der Waals surface area contributed by atoms with Crippen molar-refractivity contribution in [1.29, 1.82) is 0 Å². The molecule has 4 rings (SSSR count). The van der Waals surface area contributed by atoms with E-state index in [4.69, 9.17) is 28.8 Å². The first kappa shape index (κ1) is 61.7. The SMILES string of the molecule is CCOCC(=O)N[C@@H](CCCCNC(=O)CC)C(=O)O.CCOCCCC(=O)COCCOCCNC(=O)CCC(=O)CO[C@H]1CC[C@@]2(C)[C@H](CC[C@H]3C4CC[C@H]([C@H](C)CCC(=O)O)[C@@]4(C)[C@@H](O)C[C@@H]32)C1. The third kappa shape index (κ3) is 20.4. The Bertz CT molecular complexity index is 1670. The number of ketones is 2. The van der Waals surface area contributed by atoms with Crippen LogP contribution in [0.2, 0.25) is 0 Å². The number of carbonyl (C=O) groups is 7. The normalized spacial score (nSPS) is 27.3. The number of carboxylic acids is 2. The molecular weight excluding hydrogens is 919 g/mol. The van der Waals surface area contributed by atoms with Crippen LogP contribution < -0.4 is 16.0 Å². The van der Waals surface area contributed by atoms with Crippen molar-refractivity contribution < 1.29 is 72.6 Å². The molecule has 18 nitrogen and oxygen atoms in total. The number of rotatable bonds is 34. The Labute approximate surface area is 422 Å². The Kier molecular flexibility index (Phi) is 28.3. The molecule has 0 aromatic heterocycles. The van der Waals surface area contributed by atoms with Gasteiger partial charge in [-0.15, -0.1) is 0 Å². The number of nitrogens with one attached hydrogen (secondary N) is 3. The molecule has 0 aliphatic heterocycles.